The van der Waals surface area contributed by atoms with Gasteiger partial charge < -0.3 is 0 Å². The van der Waals surface area contributed by atoms with Crippen molar-refractivity contribution in [1.82, 2.24) is 10.2 Å². The van der Waals surface area contributed by atoms with E-state index in [1.165, 1.54) is 12.1 Å². The lowest BCUT2D eigenvalue weighted by Gasteiger charge is -2.21. The van der Waals surface area contributed by atoms with Gasteiger partial charge in [0.25, 0.3) is 5.56 Å². The molecular formula is C24H26FN3O3. The maximum absolute atomic E-state index is 14.5. The van der Waals surface area contributed by atoms with E-state index in [4.69, 9.17) is 0 Å². The quantitative estimate of drug-likeness (QED) is 0.687. The molecule has 1 aliphatic rings. The number of anilines is 1. The van der Waals surface area contributed by atoms with Gasteiger partial charge in [-0.25, -0.2) is 9.49 Å². The van der Waals surface area contributed by atoms with Gasteiger partial charge in [0.15, 0.2) is 0 Å². The van der Waals surface area contributed by atoms with Gasteiger partial charge in [-0.2, -0.15) is 5.10 Å². The molecule has 0 radical (unpaired) electrons. The van der Waals surface area contributed by atoms with Crippen LogP contribution >= 0.6 is 0 Å². The third-order valence-electron chi connectivity index (χ3n) is 5.68. The molecule has 1 unspecified atom stereocenters. The van der Waals surface area contributed by atoms with Gasteiger partial charge in [-0.1, -0.05) is 51.1 Å². The number of aromatic amines is 1. The van der Waals surface area contributed by atoms with Crippen molar-refractivity contribution in [2.45, 2.75) is 40.0 Å². The molecule has 0 fully saturated rings. The molecule has 162 valence electrons. The van der Waals surface area contributed by atoms with Crippen LogP contribution in [0.3, 0.4) is 0 Å². The Balaban J connectivity index is 1.92. The number of aromatic nitrogens is 2. The van der Waals surface area contributed by atoms with E-state index in [9.17, 15) is 18.8 Å². The van der Waals surface area contributed by atoms with E-state index in [2.05, 4.69) is 10.2 Å². The van der Waals surface area contributed by atoms with Crippen molar-refractivity contribution >= 4 is 24.1 Å². The third kappa shape index (κ3) is 5.05. The summed E-state index contributed by atoms with van der Waals surface area (Å²) in [5, 5.41) is 6.70. The molecule has 3 rings (SSSR count). The van der Waals surface area contributed by atoms with Crippen LogP contribution in [0.4, 0.5) is 10.1 Å². The lowest BCUT2D eigenvalue weighted by Crippen LogP contribution is -2.32. The first kappa shape index (κ1) is 22.3. The Kier molecular flexibility index (Phi) is 6.95. The Labute approximate surface area is 180 Å². The molecule has 0 saturated carbocycles. The number of allylic oxidation sites excluding steroid dienone is 3. The van der Waals surface area contributed by atoms with Crippen molar-refractivity contribution in [2.75, 3.05) is 4.90 Å². The highest BCUT2D eigenvalue weighted by molar-refractivity contribution is 6.07. The van der Waals surface area contributed by atoms with Gasteiger partial charge in [-0.3, -0.25) is 19.3 Å². The van der Waals surface area contributed by atoms with Crippen molar-refractivity contribution in [2.24, 2.45) is 11.8 Å². The molecule has 7 heteroatoms. The second-order valence-electron chi connectivity index (χ2n) is 8.14. The highest BCUT2D eigenvalue weighted by Crippen LogP contribution is 2.25. The topological polar surface area (TPSA) is 83.1 Å². The Hall–Kier alpha value is -3.35. The summed E-state index contributed by atoms with van der Waals surface area (Å²) in [4.78, 5) is 37.3. The monoisotopic (exact) mass is 423 g/mol. The normalized spacial score (nSPS) is 13.6. The number of carbonyl (C=O) groups excluding carboxylic acids is 2. The summed E-state index contributed by atoms with van der Waals surface area (Å²) in [6.45, 7) is 5.91. The Morgan fingerprint density at radius 2 is 2.06 bits per heavy atom. The summed E-state index contributed by atoms with van der Waals surface area (Å²) in [5.74, 6) is -0.781. The standard InChI is InChI=1S/C24H26FN3O3/c1-15(2)16(3)11-23(30)28(14-29)22-13-17(9-10-20(22)25)12-21-18-7-5-4-6-8-19(18)24(31)27-26-21/h4-7,9-10,13-16H,8,11-12H2,1-3H3,(H,27,31). The smallest absolute Gasteiger partial charge is 0.268 e. The molecular weight excluding hydrogens is 397 g/mol. The van der Waals surface area contributed by atoms with Gasteiger partial charge in [0.05, 0.1) is 11.4 Å². The van der Waals surface area contributed by atoms with Crippen molar-refractivity contribution in [3.05, 3.63) is 75.0 Å². The molecule has 0 aliphatic heterocycles. The number of fused-ring (bicyclic) bond motifs is 1. The minimum atomic E-state index is -0.654. The van der Waals surface area contributed by atoms with Gasteiger partial charge >= 0.3 is 0 Å². The predicted octanol–water partition coefficient (Wildman–Crippen LogP) is 3.80. The third-order valence-corrected chi connectivity index (χ3v) is 5.68. The van der Waals surface area contributed by atoms with Crippen molar-refractivity contribution in [3.63, 3.8) is 0 Å². The van der Waals surface area contributed by atoms with Crippen LogP contribution in [0, 0.1) is 17.7 Å². The zero-order chi connectivity index (χ0) is 22.5. The number of benzene rings is 1. The first-order valence-corrected chi connectivity index (χ1v) is 10.3. The summed E-state index contributed by atoms with van der Waals surface area (Å²) >= 11 is 0. The number of rotatable bonds is 7. The van der Waals surface area contributed by atoms with Crippen LogP contribution in [-0.4, -0.2) is 22.5 Å². The predicted molar refractivity (Wildman–Crippen MR) is 118 cm³/mol. The van der Waals surface area contributed by atoms with E-state index in [1.807, 2.05) is 45.1 Å². The van der Waals surface area contributed by atoms with Gasteiger partial charge in [-0.05, 0) is 36.0 Å². The maximum atomic E-state index is 14.5. The molecule has 1 heterocycles. The molecule has 0 bridgehead atoms. The van der Waals surface area contributed by atoms with Crippen LogP contribution in [0.15, 0.2) is 41.2 Å². The largest absolute Gasteiger partial charge is 0.278 e. The van der Waals surface area contributed by atoms with Gasteiger partial charge in [0, 0.05) is 24.0 Å². The van der Waals surface area contributed by atoms with Crippen LogP contribution < -0.4 is 10.5 Å². The number of carbonyl (C=O) groups is 2. The molecule has 6 nitrogen and oxygen atoms in total. The van der Waals surface area contributed by atoms with E-state index in [-0.39, 0.29) is 29.5 Å². The molecule has 31 heavy (non-hydrogen) atoms. The second kappa shape index (κ2) is 9.64. The lowest BCUT2D eigenvalue weighted by atomic mass is 9.94. The molecule has 1 N–H and O–H groups in total. The number of nitrogens with one attached hydrogen (secondary N) is 1. The summed E-state index contributed by atoms with van der Waals surface area (Å²) in [6.07, 6.45) is 8.73. The fourth-order valence-corrected chi connectivity index (χ4v) is 3.40. The van der Waals surface area contributed by atoms with Crippen LogP contribution in [-0.2, 0) is 22.4 Å². The fraction of sp³-hybridized carbons (Fsp3) is 0.333. The molecule has 2 amide bonds. The highest BCUT2D eigenvalue weighted by atomic mass is 19.1. The molecule has 0 spiro atoms. The first-order valence-electron chi connectivity index (χ1n) is 10.3. The highest BCUT2D eigenvalue weighted by Gasteiger charge is 2.23. The summed E-state index contributed by atoms with van der Waals surface area (Å²) < 4.78 is 14.5. The maximum Gasteiger partial charge on any atom is 0.268 e. The average Bonchev–Trinajstić information content (AvgIpc) is 2.99. The van der Waals surface area contributed by atoms with Crippen molar-refractivity contribution in [1.29, 1.82) is 0 Å². The zero-order valence-electron chi connectivity index (χ0n) is 17.9. The van der Waals surface area contributed by atoms with E-state index in [0.29, 0.717) is 36.1 Å². The second-order valence-corrected chi connectivity index (χ2v) is 8.14. The van der Waals surface area contributed by atoms with Crippen LogP contribution in [0.25, 0.3) is 6.08 Å². The Morgan fingerprint density at radius 1 is 1.29 bits per heavy atom. The van der Waals surface area contributed by atoms with Crippen LogP contribution in [0.1, 0.15) is 49.6 Å². The SMILES string of the molecule is CC(C)C(C)CC(=O)N(C=O)c1cc(Cc2n[nH]c(=O)c3c2C=CC=CC3)ccc1F. The molecule has 2 aromatic rings. The number of hydrogen-bond acceptors (Lipinski definition) is 4. The Morgan fingerprint density at radius 3 is 2.77 bits per heavy atom. The molecule has 1 atom stereocenters. The van der Waals surface area contributed by atoms with E-state index in [1.54, 1.807) is 6.07 Å². The number of hydrogen-bond donors (Lipinski definition) is 1. The Bertz CT molecular complexity index is 1100. The summed E-state index contributed by atoms with van der Waals surface area (Å²) in [6, 6.07) is 4.31. The molecule has 1 aromatic carbocycles. The van der Waals surface area contributed by atoms with Crippen molar-refractivity contribution < 1.29 is 14.0 Å². The first-order chi connectivity index (χ1) is 14.8. The lowest BCUT2D eigenvalue weighted by molar-refractivity contribution is -0.122. The number of halogens is 1. The summed E-state index contributed by atoms with van der Waals surface area (Å²) in [7, 11) is 0. The minimum absolute atomic E-state index is 0.0578. The molecule has 1 aromatic heterocycles. The molecule has 0 saturated heterocycles. The van der Waals surface area contributed by atoms with E-state index < -0.39 is 11.7 Å². The van der Waals surface area contributed by atoms with Gasteiger partial charge in [0.2, 0.25) is 12.3 Å². The number of nitrogens with zero attached hydrogens (tertiary/aromatic N) is 2. The number of imide groups is 1. The van der Waals surface area contributed by atoms with E-state index >= 15 is 0 Å². The zero-order valence-corrected chi connectivity index (χ0v) is 17.9. The van der Waals surface area contributed by atoms with Crippen LogP contribution in [0.5, 0.6) is 0 Å². The number of amides is 2. The van der Waals surface area contributed by atoms with Crippen LogP contribution in [0.2, 0.25) is 0 Å². The average molecular weight is 423 g/mol. The van der Waals surface area contributed by atoms with Crippen molar-refractivity contribution in [3.8, 4) is 0 Å². The van der Waals surface area contributed by atoms with Gasteiger partial charge in [-0.15, -0.1) is 0 Å². The minimum Gasteiger partial charge on any atom is -0.278 e. The summed E-state index contributed by atoms with van der Waals surface area (Å²) in [5.41, 5.74) is 2.32. The molecule has 1 aliphatic carbocycles. The fourth-order valence-electron chi connectivity index (χ4n) is 3.40. The van der Waals surface area contributed by atoms with Gasteiger partial charge in [0.1, 0.15) is 5.82 Å². The van der Waals surface area contributed by atoms with E-state index in [0.717, 1.165) is 10.5 Å². The number of H-pyrrole nitrogens is 1.